The van der Waals surface area contributed by atoms with Crippen LogP contribution in [0.2, 0.25) is 4.34 Å². The molecule has 3 rings (SSSR count). The average Bonchev–Trinajstić information content (AvgIpc) is 3.29. The number of ether oxygens (including phenoxy) is 2. The zero-order valence-corrected chi connectivity index (χ0v) is 22.3. The summed E-state index contributed by atoms with van der Waals surface area (Å²) in [5, 5.41) is 4.42. The van der Waals surface area contributed by atoms with Crippen LogP contribution in [0.5, 0.6) is 5.75 Å². The standard InChI is InChI=1S/C23H22ClF7N4O5S/c24-17-4-3-16(41-17)21(38)32-8-14(34(9-18(25)26)11-23(29,30)31)20(37)33-12-1-2-13(15(7-12)40-22(27)28)35-5-6-39-10-19(35)36/h1-4,7,14,18,22H,5-6,8-11H2,(H,32,38)(H,33,37)/t14-/m1/s1. The molecule has 0 radical (unpaired) electrons. The van der Waals surface area contributed by atoms with Crippen LogP contribution < -0.4 is 20.3 Å². The van der Waals surface area contributed by atoms with Crippen LogP contribution >= 0.6 is 22.9 Å². The highest BCUT2D eigenvalue weighted by molar-refractivity contribution is 7.18. The molecule has 2 N–H and O–H groups in total. The van der Waals surface area contributed by atoms with E-state index in [4.69, 9.17) is 16.3 Å². The molecule has 9 nitrogen and oxygen atoms in total. The predicted molar refractivity (Wildman–Crippen MR) is 134 cm³/mol. The number of carbonyl (C=O) groups is 3. The molecule has 0 spiro atoms. The van der Waals surface area contributed by atoms with Crippen LogP contribution in [0, 0.1) is 0 Å². The van der Waals surface area contributed by atoms with Gasteiger partial charge in [0.1, 0.15) is 12.6 Å². The van der Waals surface area contributed by atoms with Gasteiger partial charge in [0, 0.05) is 24.8 Å². The Hall–Kier alpha value is -3.15. The molecule has 1 atom stereocenters. The molecule has 18 heteroatoms. The van der Waals surface area contributed by atoms with E-state index >= 15 is 0 Å². The predicted octanol–water partition coefficient (Wildman–Crippen LogP) is 4.23. The molecule has 2 heterocycles. The minimum atomic E-state index is -5.00. The molecule has 0 bridgehead atoms. The van der Waals surface area contributed by atoms with E-state index in [0.717, 1.165) is 34.4 Å². The third-order valence-electron chi connectivity index (χ3n) is 5.47. The molecule has 3 amide bonds. The SMILES string of the molecule is O=C(NC[C@H](C(=O)Nc1ccc(N2CCOCC2=O)c(OC(F)F)c1)N(CC(F)F)CC(F)(F)F)c1ccc(Cl)s1. The van der Waals surface area contributed by atoms with Gasteiger partial charge in [-0.2, -0.15) is 22.0 Å². The van der Waals surface area contributed by atoms with Crippen LogP contribution in [0.15, 0.2) is 30.3 Å². The molecule has 2 aromatic rings. The lowest BCUT2D eigenvalue weighted by molar-refractivity contribution is -0.157. The van der Waals surface area contributed by atoms with Crippen molar-refractivity contribution in [3.05, 3.63) is 39.5 Å². The highest BCUT2D eigenvalue weighted by atomic mass is 35.5. The summed E-state index contributed by atoms with van der Waals surface area (Å²) >= 11 is 6.61. The molecule has 1 fully saturated rings. The molecule has 1 aromatic carbocycles. The number of rotatable bonds is 12. The largest absolute Gasteiger partial charge is 0.433 e. The van der Waals surface area contributed by atoms with Gasteiger partial charge in [0.05, 0.1) is 34.6 Å². The van der Waals surface area contributed by atoms with Gasteiger partial charge in [-0.1, -0.05) is 11.6 Å². The van der Waals surface area contributed by atoms with E-state index in [1.807, 2.05) is 0 Å². The summed E-state index contributed by atoms with van der Waals surface area (Å²) < 4.78 is 102. The first-order valence-electron chi connectivity index (χ1n) is 11.6. The van der Waals surface area contributed by atoms with Crippen molar-refractivity contribution in [3.63, 3.8) is 0 Å². The quantitative estimate of drug-likeness (QED) is 0.339. The molecule has 226 valence electrons. The lowest BCUT2D eigenvalue weighted by atomic mass is 10.1. The van der Waals surface area contributed by atoms with Gasteiger partial charge < -0.3 is 25.0 Å². The normalized spacial score (nSPS) is 15.0. The number of nitrogens with one attached hydrogen (secondary N) is 2. The average molecular weight is 635 g/mol. The van der Waals surface area contributed by atoms with E-state index in [9.17, 15) is 45.1 Å². The van der Waals surface area contributed by atoms with Crippen molar-refractivity contribution in [2.45, 2.75) is 25.3 Å². The number of anilines is 2. The Morgan fingerprint density at radius 2 is 1.90 bits per heavy atom. The second kappa shape index (κ2) is 14.2. The minimum absolute atomic E-state index is 0.00138. The van der Waals surface area contributed by atoms with E-state index in [1.54, 1.807) is 0 Å². The first-order valence-corrected chi connectivity index (χ1v) is 12.8. The molecule has 1 aromatic heterocycles. The Labute approximate surface area is 237 Å². The van der Waals surface area contributed by atoms with E-state index < -0.39 is 68.4 Å². The first-order chi connectivity index (χ1) is 19.2. The van der Waals surface area contributed by atoms with Crippen molar-refractivity contribution < 1.29 is 54.6 Å². The van der Waals surface area contributed by atoms with Crippen molar-refractivity contribution >= 4 is 52.0 Å². The fourth-order valence-electron chi connectivity index (χ4n) is 3.81. The third-order valence-corrected chi connectivity index (χ3v) is 6.70. The smallest absolute Gasteiger partial charge is 0.401 e. The second-order valence-corrected chi connectivity index (χ2v) is 10.1. The Kier molecular flexibility index (Phi) is 11.2. The molecule has 0 saturated carbocycles. The summed E-state index contributed by atoms with van der Waals surface area (Å²) in [6.45, 7) is -7.80. The molecular weight excluding hydrogens is 613 g/mol. The monoisotopic (exact) mass is 634 g/mol. The number of amides is 3. The molecule has 1 saturated heterocycles. The van der Waals surface area contributed by atoms with Crippen molar-refractivity contribution in [3.8, 4) is 5.75 Å². The zero-order chi connectivity index (χ0) is 30.3. The summed E-state index contributed by atoms with van der Waals surface area (Å²) in [5.41, 5.74) is -0.355. The number of benzene rings is 1. The number of thiophene rings is 1. The second-order valence-electron chi connectivity index (χ2n) is 8.41. The van der Waals surface area contributed by atoms with Gasteiger partial charge in [-0.3, -0.25) is 19.3 Å². The number of hydrogen-bond acceptors (Lipinski definition) is 7. The number of halogens is 8. The molecule has 1 aliphatic heterocycles. The fourth-order valence-corrected chi connectivity index (χ4v) is 4.77. The van der Waals surface area contributed by atoms with Gasteiger partial charge in [0.2, 0.25) is 5.91 Å². The topological polar surface area (TPSA) is 100 Å². The Bertz CT molecular complexity index is 1230. The molecule has 41 heavy (non-hydrogen) atoms. The summed E-state index contributed by atoms with van der Waals surface area (Å²) in [6, 6.07) is 3.91. The van der Waals surface area contributed by atoms with E-state index in [0.29, 0.717) is 0 Å². The summed E-state index contributed by atoms with van der Waals surface area (Å²) in [5.74, 6) is -3.20. The lowest BCUT2D eigenvalue weighted by Gasteiger charge is -2.31. The number of hydrogen-bond donors (Lipinski definition) is 2. The van der Waals surface area contributed by atoms with Crippen LogP contribution in [0.1, 0.15) is 9.67 Å². The van der Waals surface area contributed by atoms with Crippen LogP contribution in [0.3, 0.4) is 0 Å². The molecular formula is C23H22ClF7N4O5S. The van der Waals surface area contributed by atoms with Crippen LogP contribution in [-0.2, 0) is 14.3 Å². The van der Waals surface area contributed by atoms with Gasteiger partial charge in [0.15, 0.2) is 5.75 Å². The summed E-state index contributed by atoms with van der Waals surface area (Å²) in [4.78, 5) is 39.0. The molecule has 0 unspecified atom stereocenters. The first kappa shape index (κ1) is 32.4. The zero-order valence-electron chi connectivity index (χ0n) is 20.7. The maximum atomic E-state index is 13.3. The van der Waals surface area contributed by atoms with Crippen molar-refractivity contribution in [2.24, 2.45) is 0 Å². The minimum Gasteiger partial charge on any atom is -0.433 e. The van der Waals surface area contributed by atoms with E-state index in [2.05, 4.69) is 15.4 Å². The van der Waals surface area contributed by atoms with Gasteiger partial charge in [0.25, 0.3) is 18.2 Å². The molecule has 0 aliphatic carbocycles. The maximum absolute atomic E-state index is 13.3. The maximum Gasteiger partial charge on any atom is 0.401 e. The van der Waals surface area contributed by atoms with Gasteiger partial charge >= 0.3 is 12.8 Å². The van der Waals surface area contributed by atoms with E-state index in [1.165, 1.54) is 12.1 Å². The number of morpholine rings is 1. The fraction of sp³-hybridized carbons (Fsp3) is 0.435. The number of alkyl halides is 7. The number of nitrogens with zero attached hydrogens (tertiary/aromatic N) is 2. The van der Waals surface area contributed by atoms with Crippen LogP contribution in [0.4, 0.5) is 42.1 Å². The van der Waals surface area contributed by atoms with Crippen molar-refractivity contribution in [2.75, 3.05) is 49.6 Å². The Morgan fingerprint density at radius 3 is 2.49 bits per heavy atom. The van der Waals surface area contributed by atoms with Crippen LogP contribution in [-0.4, -0.2) is 87.3 Å². The third kappa shape index (κ3) is 9.72. The Balaban J connectivity index is 1.89. The van der Waals surface area contributed by atoms with Crippen molar-refractivity contribution in [1.82, 2.24) is 10.2 Å². The summed E-state index contributed by atoms with van der Waals surface area (Å²) in [6.07, 6.45) is -8.28. The van der Waals surface area contributed by atoms with Crippen molar-refractivity contribution in [1.29, 1.82) is 0 Å². The lowest BCUT2D eigenvalue weighted by Crippen LogP contribution is -2.54. The molecule has 1 aliphatic rings. The highest BCUT2D eigenvalue weighted by Gasteiger charge is 2.38. The highest BCUT2D eigenvalue weighted by Crippen LogP contribution is 2.34. The summed E-state index contributed by atoms with van der Waals surface area (Å²) in [7, 11) is 0. The van der Waals surface area contributed by atoms with Gasteiger partial charge in [-0.05, 0) is 24.3 Å². The van der Waals surface area contributed by atoms with Gasteiger partial charge in [-0.25, -0.2) is 8.78 Å². The van der Waals surface area contributed by atoms with Gasteiger partial charge in [-0.15, -0.1) is 11.3 Å². The van der Waals surface area contributed by atoms with Crippen LogP contribution in [0.25, 0.3) is 0 Å². The Morgan fingerprint density at radius 1 is 1.17 bits per heavy atom. The number of carbonyl (C=O) groups excluding carboxylic acids is 3. The van der Waals surface area contributed by atoms with E-state index in [-0.39, 0.29) is 45.2 Å².